The smallest absolute Gasteiger partial charge is 0.322 e. The van der Waals surface area contributed by atoms with E-state index in [1.807, 2.05) is 55.1 Å². The van der Waals surface area contributed by atoms with Crippen molar-refractivity contribution in [1.82, 2.24) is 9.88 Å². The maximum Gasteiger partial charge on any atom is 0.322 e. The third-order valence-corrected chi connectivity index (χ3v) is 4.49. The van der Waals surface area contributed by atoms with E-state index in [4.69, 9.17) is 11.6 Å². The van der Waals surface area contributed by atoms with E-state index in [0.29, 0.717) is 24.7 Å². The number of urea groups is 1. The van der Waals surface area contributed by atoms with Gasteiger partial charge in [-0.25, -0.2) is 9.78 Å². The molecule has 24 heavy (non-hydrogen) atoms. The van der Waals surface area contributed by atoms with E-state index in [-0.39, 0.29) is 12.1 Å². The van der Waals surface area contributed by atoms with Gasteiger partial charge in [-0.15, -0.1) is 0 Å². The Balaban J connectivity index is 1.65. The second-order valence-corrected chi connectivity index (χ2v) is 6.50. The van der Waals surface area contributed by atoms with Gasteiger partial charge >= 0.3 is 6.03 Å². The summed E-state index contributed by atoms with van der Waals surface area (Å²) in [6.07, 6.45) is 1.74. The molecule has 1 aliphatic rings. The van der Waals surface area contributed by atoms with Gasteiger partial charge in [0.15, 0.2) is 0 Å². The van der Waals surface area contributed by atoms with Gasteiger partial charge in [0, 0.05) is 37.6 Å². The number of aromatic nitrogens is 1. The fourth-order valence-electron chi connectivity index (χ4n) is 2.98. The highest BCUT2D eigenvalue weighted by Gasteiger charge is 2.28. The number of nitrogens with one attached hydrogen (secondary N) is 1. The molecule has 1 saturated heterocycles. The van der Waals surface area contributed by atoms with Gasteiger partial charge in [0.2, 0.25) is 0 Å². The van der Waals surface area contributed by atoms with Crippen LogP contribution in [-0.4, -0.2) is 41.6 Å². The number of pyridine rings is 1. The molecule has 2 aromatic rings. The molecule has 0 spiro atoms. The topological polar surface area (TPSA) is 48.5 Å². The molecule has 0 bridgehead atoms. The maximum absolute atomic E-state index is 12.6. The van der Waals surface area contributed by atoms with E-state index in [1.54, 1.807) is 6.20 Å². The third kappa shape index (κ3) is 3.62. The molecule has 1 fully saturated rings. The fraction of sp³-hybridized carbons (Fsp3) is 0.333. The second-order valence-electron chi connectivity index (χ2n) is 6.10. The van der Waals surface area contributed by atoms with Crippen LogP contribution in [0.3, 0.4) is 0 Å². The lowest BCUT2D eigenvalue weighted by Gasteiger charge is -2.40. The first-order chi connectivity index (χ1) is 11.5. The summed E-state index contributed by atoms with van der Waals surface area (Å²) in [5.41, 5.74) is 1.94. The molecular formula is C18H21ClN4O. The normalized spacial score (nSPS) is 17.7. The molecule has 3 rings (SSSR count). The van der Waals surface area contributed by atoms with Gasteiger partial charge in [0.25, 0.3) is 0 Å². The summed E-state index contributed by atoms with van der Waals surface area (Å²) in [6.45, 7) is 6.10. The van der Waals surface area contributed by atoms with Gasteiger partial charge in [0.1, 0.15) is 5.82 Å². The van der Waals surface area contributed by atoms with Crippen molar-refractivity contribution in [3.05, 3.63) is 53.2 Å². The Hall–Kier alpha value is -2.27. The number of piperazine rings is 1. The molecule has 0 aliphatic carbocycles. The molecule has 1 aliphatic heterocycles. The van der Waals surface area contributed by atoms with Crippen LogP contribution >= 0.6 is 11.6 Å². The van der Waals surface area contributed by atoms with E-state index in [1.165, 1.54) is 0 Å². The average Bonchev–Trinajstić information content (AvgIpc) is 2.55. The zero-order chi connectivity index (χ0) is 17.1. The minimum atomic E-state index is -0.0696. The number of hydrogen-bond acceptors (Lipinski definition) is 3. The lowest BCUT2D eigenvalue weighted by Crippen LogP contribution is -2.55. The molecule has 1 aromatic carbocycles. The molecule has 2 heterocycles. The number of carbonyl (C=O) groups excluding carboxylic acids is 1. The van der Waals surface area contributed by atoms with Gasteiger partial charge in [-0.3, -0.25) is 0 Å². The van der Waals surface area contributed by atoms with Crippen molar-refractivity contribution in [1.29, 1.82) is 0 Å². The largest absolute Gasteiger partial charge is 0.352 e. The molecule has 5 nitrogen and oxygen atoms in total. The summed E-state index contributed by atoms with van der Waals surface area (Å²) < 4.78 is 0. The predicted octanol–water partition coefficient (Wildman–Crippen LogP) is 3.79. The van der Waals surface area contributed by atoms with E-state index in [2.05, 4.69) is 15.2 Å². The van der Waals surface area contributed by atoms with Crippen molar-refractivity contribution in [2.24, 2.45) is 0 Å². The first-order valence-corrected chi connectivity index (χ1v) is 8.42. The average molecular weight is 345 g/mol. The summed E-state index contributed by atoms with van der Waals surface area (Å²) in [7, 11) is 0. The van der Waals surface area contributed by atoms with E-state index in [0.717, 1.165) is 17.1 Å². The van der Waals surface area contributed by atoms with Crippen molar-refractivity contribution in [2.45, 2.75) is 19.9 Å². The molecule has 2 amide bonds. The van der Waals surface area contributed by atoms with Crippen LogP contribution in [0.5, 0.6) is 0 Å². The molecule has 1 N–H and O–H groups in total. The van der Waals surface area contributed by atoms with Gasteiger partial charge < -0.3 is 15.1 Å². The SMILES string of the molecule is Cc1cccc(NC(=O)N2CCN(c3ncccc3Cl)CC2C)c1. The first kappa shape index (κ1) is 16.6. The van der Waals surface area contributed by atoms with Gasteiger partial charge in [0.05, 0.1) is 5.02 Å². The van der Waals surface area contributed by atoms with Gasteiger partial charge in [-0.05, 0) is 43.7 Å². The highest BCUT2D eigenvalue weighted by Crippen LogP contribution is 2.25. The Morgan fingerprint density at radius 3 is 2.83 bits per heavy atom. The highest BCUT2D eigenvalue weighted by atomic mass is 35.5. The number of anilines is 2. The van der Waals surface area contributed by atoms with Crippen LogP contribution in [0.4, 0.5) is 16.3 Å². The number of benzene rings is 1. The van der Waals surface area contributed by atoms with Crippen LogP contribution in [-0.2, 0) is 0 Å². The molecule has 1 unspecified atom stereocenters. The van der Waals surface area contributed by atoms with Crippen molar-refractivity contribution >= 4 is 29.1 Å². The summed E-state index contributed by atoms with van der Waals surface area (Å²) in [6, 6.07) is 11.5. The second kappa shape index (κ2) is 7.09. The molecular weight excluding hydrogens is 324 g/mol. The van der Waals surface area contributed by atoms with Crippen molar-refractivity contribution in [3.63, 3.8) is 0 Å². The monoisotopic (exact) mass is 344 g/mol. The number of halogens is 1. The third-order valence-electron chi connectivity index (χ3n) is 4.20. The minimum Gasteiger partial charge on any atom is -0.352 e. The summed E-state index contributed by atoms with van der Waals surface area (Å²) >= 11 is 6.23. The summed E-state index contributed by atoms with van der Waals surface area (Å²) in [5.74, 6) is 0.782. The molecule has 126 valence electrons. The Bertz CT molecular complexity index is 736. The Labute approximate surface area is 147 Å². The standard InChI is InChI=1S/C18H21ClN4O/c1-13-5-3-6-15(11-13)21-18(24)23-10-9-22(12-14(23)2)17-16(19)7-4-8-20-17/h3-8,11,14H,9-10,12H2,1-2H3,(H,21,24). The first-order valence-electron chi connectivity index (χ1n) is 8.04. The zero-order valence-electron chi connectivity index (χ0n) is 13.9. The van der Waals surface area contributed by atoms with E-state index < -0.39 is 0 Å². The van der Waals surface area contributed by atoms with Crippen molar-refractivity contribution in [2.75, 3.05) is 29.9 Å². The maximum atomic E-state index is 12.6. The van der Waals surface area contributed by atoms with Crippen LogP contribution in [0.1, 0.15) is 12.5 Å². The highest BCUT2D eigenvalue weighted by molar-refractivity contribution is 6.32. The minimum absolute atomic E-state index is 0.0696. The van der Waals surface area contributed by atoms with Crippen LogP contribution in [0.2, 0.25) is 5.02 Å². The van der Waals surface area contributed by atoms with Crippen LogP contribution < -0.4 is 10.2 Å². The summed E-state index contributed by atoms with van der Waals surface area (Å²) in [4.78, 5) is 20.9. The Morgan fingerprint density at radius 1 is 1.29 bits per heavy atom. The number of amides is 2. The lowest BCUT2D eigenvalue weighted by atomic mass is 10.2. The molecule has 6 heteroatoms. The van der Waals surface area contributed by atoms with Gasteiger partial charge in [-0.1, -0.05) is 23.7 Å². The summed E-state index contributed by atoms with van der Waals surface area (Å²) in [5, 5.41) is 3.62. The van der Waals surface area contributed by atoms with Crippen LogP contribution in [0.25, 0.3) is 0 Å². The molecule has 1 aromatic heterocycles. The molecule has 0 saturated carbocycles. The number of aryl methyl sites for hydroxylation is 1. The number of carbonyl (C=O) groups is 1. The Morgan fingerprint density at radius 2 is 2.12 bits per heavy atom. The van der Waals surface area contributed by atoms with Crippen molar-refractivity contribution < 1.29 is 4.79 Å². The lowest BCUT2D eigenvalue weighted by molar-refractivity contribution is 0.184. The van der Waals surface area contributed by atoms with Crippen LogP contribution in [0, 0.1) is 6.92 Å². The quantitative estimate of drug-likeness (QED) is 0.901. The fourth-order valence-corrected chi connectivity index (χ4v) is 3.22. The van der Waals surface area contributed by atoms with E-state index >= 15 is 0 Å². The number of hydrogen-bond donors (Lipinski definition) is 1. The Kier molecular flexibility index (Phi) is 4.90. The van der Waals surface area contributed by atoms with Crippen LogP contribution in [0.15, 0.2) is 42.6 Å². The van der Waals surface area contributed by atoms with Gasteiger partial charge in [-0.2, -0.15) is 0 Å². The molecule has 0 radical (unpaired) electrons. The zero-order valence-corrected chi connectivity index (χ0v) is 14.6. The number of rotatable bonds is 2. The molecule has 1 atom stereocenters. The number of nitrogens with zero attached hydrogens (tertiary/aromatic N) is 3. The van der Waals surface area contributed by atoms with Crippen molar-refractivity contribution in [3.8, 4) is 0 Å². The predicted molar refractivity (Wildman–Crippen MR) is 97.8 cm³/mol. The van der Waals surface area contributed by atoms with E-state index in [9.17, 15) is 4.79 Å².